The normalized spacial score (nSPS) is 10.7. The minimum atomic E-state index is -1.00. The summed E-state index contributed by atoms with van der Waals surface area (Å²) in [6.45, 7) is 7.56. The largest absolute Gasteiger partial charge is 0.496 e. The molecule has 0 bridgehead atoms. The van der Waals surface area contributed by atoms with Crippen molar-refractivity contribution >= 4 is 5.91 Å². The summed E-state index contributed by atoms with van der Waals surface area (Å²) in [5, 5.41) is 11.7. The number of carbonyl (C=O) groups excluding carboxylic acids is 1. The van der Waals surface area contributed by atoms with Crippen LogP contribution >= 0.6 is 0 Å². The zero-order valence-electron chi connectivity index (χ0n) is 12.1. The average Bonchev–Trinajstić information content (AvgIpc) is 2.35. The number of ether oxygens (including phenoxy) is 1. The van der Waals surface area contributed by atoms with Gasteiger partial charge in [0.2, 0.25) is 5.91 Å². The Morgan fingerprint density at radius 3 is 2.32 bits per heavy atom. The third-order valence-corrected chi connectivity index (χ3v) is 3.02. The van der Waals surface area contributed by atoms with Crippen LogP contribution < -0.4 is 10.1 Å². The summed E-state index contributed by atoms with van der Waals surface area (Å²) in [4.78, 5) is 11.8. The SMILES string of the molecule is COc1c(C)cc(CNC(=O)C(C)(C)C#N)cc1C. The van der Waals surface area contributed by atoms with Crippen LogP contribution in [-0.2, 0) is 11.3 Å². The van der Waals surface area contributed by atoms with Gasteiger partial charge < -0.3 is 10.1 Å². The van der Waals surface area contributed by atoms with E-state index in [9.17, 15) is 4.79 Å². The summed E-state index contributed by atoms with van der Waals surface area (Å²) in [5.41, 5.74) is 2.06. The standard InChI is InChI=1S/C15H20N2O2/c1-10-6-12(7-11(2)13(10)19-5)8-17-14(18)15(3,4)9-16/h6-7H,8H2,1-5H3,(H,17,18). The molecule has 4 heteroatoms. The predicted molar refractivity (Wildman–Crippen MR) is 73.7 cm³/mol. The maximum absolute atomic E-state index is 11.8. The molecular weight excluding hydrogens is 240 g/mol. The highest BCUT2D eigenvalue weighted by Gasteiger charge is 2.26. The monoisotopic (exact) mass is 260 g/mol. The number of amides is 1. The van der Waals surface area contributed by atoms with Crippen LogP contribution in [0.25, 0.3) is 0 Å². The van der Waals surface area contributed by atoms with Crippen LogP contribution in [0.5, 0.6) is 5.75 Å². The van der Waals surface area contributed by atoms with Crippen molar-refractivity contribution in [1.82, 2.24) is 5.32 Å². The molecule has 102 valence electrons. The first-order valence-corrected chi connectivity index (χ1v) is 6.15. The lowest BCUT2D eigenvalue weighted by molar-refractivity contribution is -0.126. The highest BCUT2D eigenvalue weighted by molar-refractivity contribution is 5.84. The molecule has 0 unspecified atom stereocenters. The molecule has 1 aromatic rings. The summed E-state index contributed by atoms with van der Waals surface area (Å²) in [6.07, 6.45) is 0. The van der Waals surface area contributed by atoms with Gasteiger partial charge in [-0.15, -0.1) is 0 Å². The Morgan fingerprint density at radius 1 is 1.37 bits per heavy atom. The highest BCUT2D eigenvalue weighted by atomic mass is 16.5. The molecule has 0 aromatic heterocycles. The molecule has 0 saturated carbocycles. The zero-order valence-corrected chi connectivity index (χ0v) is 12.1. The Labute approximate surface area is 114 Å². The summed E-state index contributed by atoms with van der Waals surface area (Å²) >= 11 is 0. The predicted octanol–water partition coefficient (Wildman–Crippen LogP) is 2.48. The van der Waals surface area contributed by atoms with Gasteiger partial charge in [-0.05, 0) is 44.4 Å². The fraction of sp³-hybridized carbons (Fsp3) is 0.467. The van der Waals surface area contributed by atoms with Crippen molar-refractivity contribution in [3.63, 3.8) is 0 Å². The molecule has 1 rings (SSSR count). The number of methoxy groups -OCH3 is 1. The lowest BCUT2D eigenvalue weighted by Gasteiger charge is -2.16. The maximum atomic E-state index is 11.8. The van der Waals surface area contributed by atoms with E-state index >= 15 is 0 Å². The Hall–Kier alpha value is -2.02. The number of hydrogen-bond acceptors (Lipinski definition) is 3. The van der Waals surface area contributed by atoms with Gasteiger partial charge in [0.05, 0.1) is 13.2 Å². The van der Waals surface area contributed by atoms with E-state index in [0.717, 1.165) is 22.4 Å². The number of hydrogen-bond donors (Lipinski definition) is 1. The van der Waals surface area contributed by atoms with Crippen LogP contribution in [-0.4, -0.2) is 13.0 Å². The molecule has 0 atom stereocenters. The van der Waals surface area contributed by atoms with Gasteiger partial charge in [-0.3, -0.25) is 4.79 Å². The molecule has 0 aliphatic heterocycles. The van der Waals surface area contributed by atoms with Gasteiger partial charge in [-0.25, -0.2) is 0 Å². The molecule has 19 heavy (non-hydrogen) atoms. The zero-order chi connectivity index (χ0) is 14.6. The van der Waals surface area contributed by atoms with Crippen LogP contribution in [0.15, 0.2) is 12.1 Å². The van der Waals surface area contributed by atoms with E-state index in [0.29, 0.717) is 6.54 Å². The molecule has 0 spiro atoms. The fourth-order valence-electron chi connectivity index (χ4n) is 1.92. The molecule has 0 radical (unpaired) electrons. The van der Waals surface area contributed by atoms with E-state index in [4.69, 9.17) is 10.00 Å². The molecule has 4 nitrogen and oxygen atoms in total. The van der Waals surface area contributed by atoms with E-state index in [1.165, 1.54) is 0 Å². The number of aryl methyl sites for hydroxylation is 2. The molecule has 0 aliphatic carbocycles. The minimum absolute atomic E-state index is 0.263. The third-order valence-electron chi connectivity index (χ3n) is 3.02. The molecule has 1 N–H and O–H groups in total. The summed E-state index contributed by atoms with van der Waals surface area (Å²) in [5.74, 6) is 0.605. The molecule has 0 fully saturated rings. The lowest BCUT2D eigenvalue weighted by Crippen LogP contribution is -2.35. The van der Waals surface area contributed by atoms with Crippen molar-refractivity contribution in [2.45, 2.75) is 34.2 Å². The van der Waals surface area contributed by atoms with Crippen molar-refractivity contribution in [1.29, 1.82) is 5.26 Å². The second-order valence-corrected chi connectivity index (χ2v) is 5.18. The molecule has 1 aromatic carbocycles. The smallest absolute Gasteiger partial charge is 0.240 e. The first-order valence-electron chi connectivity index (χ1n) is 6.15. The quantitative estimate of drug-likeness (QED) is 0.904. The minimum Gasteiger partial charge on any atom is -0.496 e. The Kier molecular flexibility index (Phi) is 4.55. The number of nitrogens with one attached hydrogen (secondary N) is 1. The number of nitrogens with zero attached hydrogens (tertiary/aromatic N) is 1. The van der Waals surface area contributed by atoms with Gasteiger partial charge in [-0.2, -0.15) is 5.26 Å². The van der Waals surface area contributed by atoms with Gasteiger partial charge in [0.15, 0.2) is 0 Å². The van der Waals surface area contributed by atoms with Crippen molar-refractivity contribution in [2.75, 3.05) is 7.11 Å². The van der Waals surface area contributed by atoms with E-state index < -0.39 is 5.41 Å². The molecule has 1 amide bonds. The Morgan fingerprint density at radius 2 is 1.89 bits per heavy atom. The number of benzene rings is 1. The van der Waals surface area contributed by atoms with Crippen LogP contribution in [0.3, 0.4) is 0 Å². The van der Waals surface area contributed by atoms with E-state index in [1.807, 2.05) is 32.0 Å². The van der Waals surface area contributed by atoms with Gasteiger partial charge in [-0.1, -0.05) is 12.1 Å². The van der Waals surface area contributed by atoms with Crippen LogP contribution in [0.1, 0.15) is 30.5 Å². The Balaban J connectivity index is 2.81. The third kappa shape index (κ3) is 3.47. The fourth-order valence-corrected chi connectivity index (χ4v) is 1.92. The van der Waals surface area contributed by atoms with Gasteiger partial charge in [0.25, 0.3) is 0 Å². The summed E-state index contributed by atoms with van der Waals surface area (Å²) in [7, 11) is 1.65. The summed E-state index contributed by atoms with van der Waals surface area (Å²) < 4.78 is 5.30. The highest BCUT2D eigenvalue weighted by Crippen LogP contribution is 2.24. The van der Waals surface area contributed by atoms with Crippen LogP contribution in [0.2, 0.25) is 0 Å². The van der Waals surface area contributed by atoms with Crippen LogP contribution in [0, 0.1) is 30.6 Å². The first kappa shape index (κ1) is 15.0. The number of carbonyl (C=O) groups is 1. The second-order valence-electron chi connectivity index (χ2n) is 5.18. The van der Waals surface area contributed by atoms with Crippen molar-refractivity contribution in [3.8, 4) is 11.8 Å². The number of nitriles is 1. The van der Waals surface area contributed by atoms with Crippen molar-refractivity contribution in [3.05, 3.63) is 28.8 Å². The van der Waals surface area contributed by atoms with E-state index in [1.54, 1.807) is 21.0 Å². The molecule has 0 saturated heterocycles. The Bertz CT molecular complexity index is 504. The van der Waals surface area contributed by atoms with Gasteiger partial charge in [0.1, 0.15) is 11.2 Å². The number of rotatable bonds is 4. The van der Waals surface area contributed by atoms with Crippen molar-refractivity contribution < 1.29 is 9.53 Å². The molecular formula is C15H20N2O2. The molecule has 0 aliphatic rings. The second kappa shape index (κ2) is 5.75. The first-order chi connectivity index (χ1) is 8.81. The van der Waals surface area contributed by atoms with Crippen LogP contribution in [0.4, 0.5) is 0 Å². The average molecular weight is 260 g/mol. The maximum Gasteiger partial charge on any atom is 0.240 e. The van der Waals surface area contributed by atoms with Gasteiger partial charge >= 0.3 is 0 Å². The summed E-state index contributed by atoms with van der Waals surface area (Å²) in [6, 6.07) is 5.94. The topological polar surface area (TPSA) is 62.1 Å². The van der Waals surface area contributed by atoms with E-state index in [2.05, 4.69) is 5.32 Å². The molecule has 0 heterocycles. The van der Waals surface area contributed by atoms with E-state index in [-0.39, 0.29) is 5.91 Å². The van der Waals surface area contributed by atoms with Crippen molar-refractivity contribution in [2.24, 2.45) is 5.41 Å². The van der Waals surface area contributed by atoms with Gasteiger partial charge in [0, 0.05) is 6.54 Å². The lowest BCUT2D eigenvalue weighted by atomic mass is 9.94.